The third-order valence-electron chi connectivity index (χ3n) is 4.33. The van der Waals surface area contributed by atoms with Crippen LogP contribution in [0.15, 0.2) is 54.6 Å². The molecule has 0 aliphatic heterocycles. The van der Waals surface area contributed by atoms with Gasteiger partial charge in [-0.25, -0.2) is 4.68 Å². The third-order valence-corrected chi connectivity index (χ3v) is 4.33. The van der Waals surface area contributed by atoms with Crippen LogP contribution < -0.4 is 5.73 Å². The second kappa shape index (κ2) is 7.38. The van der Waals surface area contributed by atoms with E-state index in [1.165, 1.54) is 6.07 Å². The predicted octanol–water partition coefficient (Wildman–Crippen LogP) is 3.49. The zero-order valence-corrected chi connectivity index (χ0v) is 15.1. The number of fused-ring (bicyclic) bond motifs is 1. The normalized spacial score (nSPS) is 12.6. The molecule has 0 aliphatic carbocycles. The maximum Gasteiger partial charge on any atom is 0.433 e. The van der Waals surface area contributed by atoms with Crippen molar-refractivity contribution in [2.45, 2.75) is 19.0 Å². The minimum atomic E-state index is -4.46. The molecule has 0 saturated heterocycles. The fraction of sp³-hybridized carbons (Fsp3) is 0.158. The van der Waals surface area contributed by atoms with Crippen LogP contribution in [0.5, 0.6) is 0 Å². The number of halogens is 3. The molecule has 0 unspecified atom stereocenters. The molecular weight excluding hydrogens is 383 g/mol. The summed E-state index contributed by atoms with van der Waals surface area (Å²) in [7, 11) is 0. The minimum Gasteiger partial charge on any atom is -0.402 e. The lowest BCUT2D eigenvalue weighted by Gasteiger charge is -2.05. The summed E-state index contributed by atoms with van der Waals surface area (Å²) >= 11 is 0. The number of hydrogen-bond acceptors (Lipinski definition) is 5. The second-order valence-electron chi connectivity index (χ2n) is 6.49. The van der Waals surface area contributed by atoms with Crippen molar-refractivity contribution < 1.29 is 13.2 Å². The Morgan fingerprint density at radius 3 is 2.79 bits per heavy atom. The van der Waals surface area contributed by atoms with Crippen LogP contribution in [0.4, 0.5) is 13.2 Å². The summed E-state index contributed by atoms with van der Waals surface area (Å²) in [6.07, 6.45) is 2.88. The summed E-state index contributed by atoms with van der Waals surface area (Å²) in [6.45, 7) is 0. The van der Waals surface area contributed by atoms with Crippen molar-refractivity contribution in [1.29, 1.82) is 0 Å². The van der Waals surface area contributed by atoms with E-state index in [9.17, 15) is 13.2 Å². The Kier molecular flexibility index (Phi) is 4.75. The highest BCUT2D eigenvalue weighted by Gasteiger charge is 2.31. The Morgan fingerprint density at radius 2 is 2.03 bits per heavy atom. The van der Waals surface area contributed by atoms with E-state index in [2.05, 4.69) is 25.5 Å². The molecule has 4 rings (SSSR count). The standard InChI is InChI=1S/C19H16F3N7/c20-19(21,22)18-6-1-12(9-24-18)7-14(23)2-3-15-11-29(28-26-15)16-4-5-17-13(8-16)10-25-27-17/h1,4-11H,2-3,23H2,(H,25,27)/b14-7+. The molecule has 0 bridgehead atoms. The number of benzene rings is 1. The Morgan fingerprint density at radius 1 is 1.17 bits per heavy atom. The van der Waals surface area contributed by atoms with E-state index in [0.717, 1.165) is 34.5 Å². The number of nitrogens with zero attached hydrogens (tertiary/aromatic N) is 5. The van der Waals surface area contributed by atoms with E-state index < -0.39 is 11.9 Å². The van der Waals surface area contributed by atoms with E-state index in [1.807, 2.05) is 24.4 Å². The summed E-state index contributed by atoms with van der Waals surface area (Å²) < 4.78 is 39.3. The van der Waals surface area contributed by atoms with Crippen molar-refractivity contribution >= 4 is 17.0 Å². The van der Waals surface area contributed by atoms with Gasteiger partial charge < -0.3 is 5.73 Å². The zero-order chi connectivity index (χ0) is 20.4. The quantitative estimate of drug-likeness (QED) is 0.535. The monoisotopic (exact) mass is 399 g/mol. The molecule has 0 atom stereocenters. The van der Waals surface area contributed by atoms with Crippen molar-refractivity contribution in [3.8, 4) is 5.69 Å². The van der Waals surface area contributed by atoms with Gasteiger partial charge in [-0.2, -0.15) is 18.3 Å². The maximum absolute atomic E-state index is 12.6. The zero-order valence-electron chi connectivity index (χ0n) is 15.1. The van der Waals surface area contributed by atoms with Crippen LogP contribution in [0, 0.1) is 0 Å². The molecular formula is C19H16F3N7. The number of alkyl halides is 3. The number of aromatic amines is 1. The fourth-order valence-electron chi connectivity index (χ4n) is 2.83. The Labute approximate surface area is 163 Å². The lowest BCUT2D eigenvalue weighted by atomic mass is 10.1. The topological polar surface area (TPSA) is 98.3 Å². The number of rotatable bonds is 5. The van der Waals surface area contributed by atoms with Crippen LogP contribution in [0.3, 0.4) is 0 Å². The summed E-state index contributed by atoms with van der Waals surface area (Å²) in [5.74, 6) is 0. The van der Waals surface area contributed by atoms with Crippen molar-refractivity contribution in [2.24, 2.45) is 5.73 Å². The van der Waals surface area contributed by atoms with Crippen LogP contribution in [0.2, 0.25) is 0 Å². The molecule has 1 aromatic carbocycles. The Balaban J connectivity index is 1.40. The van der Waals surface area contributed by atoms with Crippen LogP contribution >= 0.6 is 0 Å². The first-order valence-electron chi connectivity index (χ1n) is 8.72. The van der Waals surface area contributed by atoms with Crippen LogP contribution in [-0.4, -0.2) is 30.2 Å². The third kappa shape index (κ3) is 4.26. The number of nitrogens with one attached hydrogen (secondary N) is 1. The van der Waals surface area contributed by atoms with Gasteiger partial charge >= 0.3 is 6.18 Å². The summed E-state index contributed by atoms with van der Waals surface area (Å²) in [6, 6.07) is 8.04. The molecule has 29 heavy (non-hydrogen) atoms. The molecule has 7 nitrogen and oxygen atoms in total. The van der Waals surface area contributed by atoms with Gasteiger partial charge in [0, 0.05) is 17.3 Å². The van der Waals surface area contributed by atoms with Crippen molar-refractivity contribution in [1.82, 2.24) is 30.2 Å². The Hall–Kier alpha value is -3.69. The molecule has 3 N–H and O–H groups in total. The first-order chi connectivity index (χ1) is 13.9. The number of pyridine rings is 1. The van der Waals surface area contributed by atoms with Gasteiger partial charge in [0.15, 0.2) is 0 Å². The predicted molar refractivity (Wildman–Crippen MR) is 101 cm³/mol. The van der Waals surface area contributed by atoms with Gasteiger partial charge in [0.05, 0.1) is 29.3 Å². The maximum atomic E-state index is 12.6. The lowest BCUT2D eigenvalue weighted by Crippen LogP contribution is -2.07. The van der Waals surface area contributed by atoms with Crippen LogP contribution in [0.25, 0.3) is 22.7 Å². The van der Waals surface area contributed by atoms with Crippen molar-refractivity contribution in [3.05, 3.63) is 71.6 Å². The van der Waals surface area contributed by atoms with Crippen LogP contribution in [-0.2, 0) is 12.6 Å². The smallest absolute Gasteiger partial charge is 0.402 e. The molecule has 0 amide bonds. The molecule has 3 heterocycles. The first kappa shape index (κ1) is 18.7. The summed E-state index contributed by atoms with van der Waals surface area (Å²) in [5.41, 5.74) is 8.62. The molecule has 0 saturated carbocycles. The molecule has 0 fully saturated rings. The fourth-order valence-corrected chi connectivity index (χ4v) is 2.83. The van der Waals surface area contributed by atoms with Crippen molar-refractivity contribution in [2.75, 3.05) is 0 Å². The number of H-pyrrole nitrogens is 1. The number of allylic oxidation sites excluding steroid dienone is 1. The number of aromatic nitrogens is 6. The average Bonchev–Trinajstić information content (AvgIpc) is 3.35. The largest absolute Gasteiger partial charge is 0.433 e. The van der Waals surface area contributed by atoms with Crippen LogP contribution in [0.1, 0.15) is 23.4 Å². The molecule has 3 aromatic heterocycles. The van der Waals surface area contributed by atoms with Gasteiger partial charge in [0.2, 0.25) is 0 Å². The molecule has 0 aliphatic rings. The lowest BCUT2D eigenvalue weighted by molar-refractivity contribution is -0.141. The van der Waals surface area contributed by atoms with Gasteiger partial charge in [0.1, 0.15) is 5.69 Å². The average molecular weight is 399 g/mol. The summed E-state index contributed by atoms with van der Waals surface area (Å²) in [4.78, 5) is 3.42. The summed E-state index contributed by atoms with van der Waals surface area (Å²) in [5, 5.41) is 16.1. The minimum absolute atomic E-state index is 0.487. The molecule has 4 aromatic rings. The van der Waals surface area contributed by atoms with E-state index in [4.69, 9.17) is 5.73 Å². The van der Waals surface area contributed by atoms with Gasteiger partial charge in [-0.3, -0.25) is 10.1 Å². The highest BCUT2D eigenvalue weighted by Crippen LogP contribution is 2.27. The van der Waals surface area contributed by atoms with Gasteiger partial charge in [-0.05, 0) is 48.7 Å². The van der Waals surface area contributed by atoms with Crippen molar-refractivity contribution in [3.63, 3.8) is 0 Å². The highest BCUT2D eigenvalue weighted by atomic mass is 19.4. The van der Waals surface area contributed by atoms with Gasteiger partial charge in [0.25, 0.3) is 0 Å². The van der Waals surface area contributed by atoms with E-state index in [0.29, 0.717) is 24.1 Å². The Bertz CT molecular complexity index is 1160. The number of aryl methyl sites for hydroxylation is 1. The molecule has 10 heteroatoms. The molecule has 148 valence electrons. The van der Waals surface area contributed by atoms with E-state index >= 15 is 0 Å². The van der Waals surface area contributed by atoms with E-state index in [-0.39, 0.29) is 0 Å². The first-order valence-corrected chi connectivity index (χ1v) is 8.72. The number of hydrogen-bond donors (Lipinski definition) is 2. The number of nitrogens with two attached hydrogens (primary N) is 1. The van der Waals surface area contributed by atoms with Gasteiger partial charge in [-0.1, -0.05) is 11.3 Å². The SMILES string of the molecule is N/C(=C/c1ccc(C(F)(F)F)nc1)CCc1cn(-c2ccc3[nH]ncc3c2)nn1. The van der Waals surface area contributed by atoms with E-state index in [1.54, 1.807) is 17.0 Å². The second-order valence-corrected chi connectivity index (χ2v) is 6.49. The molecule has 0 spiro atoms. The van der Waals surface area contributed by atoms with Gasteiger partial charge in [-0.15, -0.1) is 5.10 Å². The highest BCUT2D eigenvalue weighted by molar-refractivity contribution is 5.80. The molecule has 0 radical (unpaired) electrons.